The molecule has 0 spiro atoms. The molecular formula is C20H29FN4O2. The summed E-state index contributed by atoms with van der Waals surface area (Å²) in [7, 11) is 3.54. The fourth-order valence-corrected chi connectivity index (χ4v) is 3.95. The maximum Gasteiger partial charge on any atom is 0.319 e. The van der Waals surface area contributed by atoms with Crippen molar-refractivity contribution in [1.29, 1.82) is 0 Å². The molecule has 0 radical (unpaired) electrons. The van der Waals surface area contributed by atoms with Gasteiger partial charge < -0.3 is 15.1 Å². The van der Waals surface area contributed by atoms with E-state index >= 15 is 0 Å². The van der Waals surface area contributed by atoms with E-state index in [0.29, 0.717) is 18.7 Å². The third-order valence-electron chi connectivity index (χ3n) is 5.45. The van der Waals surface area contributed by atoms with E-state index in [1.54, 1.807) is 37.2 Å². The monoisotopic (exact) mass is 376 g/mol. The Morgan fingerprint density at radius 3 is 2.26 bits per heavy atom. The van der Waals surface area contributed by atoms with E-state index in [9.17, 15) is 14.0 Å². The molecular weight excluding hydrogens is 347 g/mol. The van der Waals surface area contributed by atoms with E-state index in [0.717, 1.165) is 38.8 Å². The fraction of sp³-hybridized carbons (Fsp3) is 0.600. The van der Waals surface area contributed by atoms with Crippen LogP contribution in [0.15, 0.2) is 24.3 Å². The highest BCUT2D eigenvalue weighted by Gasteiger charge is 2.31. The van der Waals surface area contributed by atoms with Crippen LogP contribution in [0, 0.1) is 5.82 Å². The van der Waals surface area contributed by atoms with Crippen LogP contribution in [0.5, 0.6) is 0 Å². The number of piperidine rings is 1. The molecule has 2 aliphatic heterocycles. The summed E-state index contributed by atoms with van der Waals surface area (Å²) in [5.41, 5.74) is 0.377. The first kappa shape index (κ1) is 19.6. The second-order valence-corrected chi connectivity index (χ2v) is 7.63. The van der Waals surface area contributed by atoms with Gasteiger partial charge in [0.05, 0.1) is 0 Å². The topological polar surface area (TPSA) is 55.9 Å². The quantitative estimate of drug-likeness (QED) is 0.877. The molecule has 1 aromatic rings. The zero-order valence-corrected chi connectivity index (χ0v) is 16.2. The van der Waals surface area contributed by atoms with Crippen molar-refractivity contribution in [1.82, 2.24) is 20.0 Å². The molecule has 6 nitrogen and oxygen atoms in total. The van der Waals surface area contributed by atoms with Crippen LogP contribution in [-0.2, 0) is 4.79 Å². The molecule has 0 saturated carbocycles. The Kier molecular flexibility index (Phi) is 6.31. The fourth-order valence-electron chi connectivity index (χ4n) is 3.95. The summed E-state index contributed by atoms with van der Waals surface area (Å²) < 4.78 is 14.2. The van der Waals surface area contributed by atoms with Crippen LogP contribution >= 0.6 is 0 Å². The maximum atomic E-state index is 14.2. The molecule has 0 bridgehead atoms. The molecule has 2 aliphatic rings. The third kappa shape index (κ3) is 4.58. The predicted molar refractivity (Wildman–Crippen MR) is 102 cm³/mol. The average Bonchev–Trinajstić information content (AvgIpc) is 3.18. The van der Waals surface area contributed by atoms with Crippen molar-refractivity contribution in [2.45, 2.75) is 37.8 Å². The van der Waals surface area contributed by atoms with Gasteiger partial charge in [-0.05, 0) is 45.8 Å². The minimum Gasteiger partial charge on any atom is -0.352 e. The number of rotatable bonds is 4. The number of nitrogens with one attached hydrogen (secondary N) is 1. The van der Waals surface area contributed by atoms with E-state index in [1.807, 2.05) is 9.80 Å². The zero-order chi connectivity index (χ0) is 19.4. The van der Waals surface area contributed by atoms with Crippen LogP contribution in [0.3, 0.4) is 0 Å². The molecule has 1 atom stereocenters. The lowest BCUT2D eigenvalue weighted by Crippen LogP contribution is -2.51. The Morgan fingerprint density at radius 1 is 1.07 bits per heavy atom. The van der Waals surface area contributed by atoms with Crippen molar-refractivity contribution < 1.29 is 14.0 Å². The van der Waals surface area contributed by atoms with Gasteiger partial charge in [-0.25, -0.2) is 9.18 Å². The van der Waals surface area contributed by atoms with Gasteiger partial charge in [0.1, 0.15) is 11.9 Å². The number of hydrogen-bond acceptors (Lipinski definition) is 3. The molecule has 27 heavy (non-hydrogen) atoms. The Hall–Kier alpha value is -2.15. The molecule has 2 fully saturated rings. The van der Waals surface area contributed by atoms with Crippen LogP contribution in [-0.4, -0.2) is 73.0 Å². The molecule has 0 unspecified atom stereocenters. The van der Waals surface area contributed by atoms with Crippen LogP contribution in [0.2, 0.25) is 0 Å². The highest BCUT2D eigenvalue weighted by atomic mass is 19.1. The number of benzene rings is 1. The molecule has 148 valence electrons. The number of carbonyl (C=O) groups is 2. The minimum atomic E-state index is -0.671. The van der Waals surface area contributed by atoms with Crippen LogP contribution in [0.4, 0.5) is 9.18 Å². The molecule has 3 rings (SSSR count). The second-order valence-electron chi connectivity index (χ2n) is 7.63. The van der Waals surface area contributed by atoms with Crippen LogP contribution in [0.25, 0.3) is 0 Å². The molecule has 0 aromatic heterocycles. The van der Waals surface area contributed by atoms with Gasteiger partial charge in [-0.2, -0.15) is 0 Å². The number of nitrogens with zero attached hydrogens (tertiary/aromatic N) is 3. The van der Waals surface area contributed by atoms with Crippen molar-refractivity contribution in [3.05, 3.63) is 35.6 Å². The number of urea groups is 1. The highest BCUT2D eigenvalue weighted by Crippen LogP contribution is 2.23. The van der Waals surface area contributed by atoms with E-state index in [1.165, 1.54) is 6.07 Å². The van der Waals surface area contributed by atoms with Gasteiger partial charge in [0.2, 0.25) is 5.91 Å². The Morgan fingerprint density at radius 2 is 1.67 bits per heavy atom. The van der Waals surface area contributed by atoms with Crippen molar-refractivity contribution in [2.24, 2.45) is 0 Å². The lowest BCUT2D eigenvalue weighted by molar-refractivity contribution is -0.126. The Balaban J connectivity index is 1.56. The minimum absolute atomic E-state index is 0.00866. The van der Waals surface area contributed by atoms with Gasteiger partial charge in [-0.1, -0.05) is 18.2 Å². The molecule has 1 N–H and O–H groups in total. The van der Waals surface area contributed by atoms with Crippen molar-refractivity contribution >= 4 is 11.9 Å². The third-order valence-corrected chi connectivity index (χ3v) is 5.45. The summed E-state index contributed by atoms with van der Waals surface area (Å²) in [5, 5.41) is 3.06. The molecule has 2 heterocycles. The van der Waals surface area contributed by atoms with E-state index in [2.05, 4.69) is 5.32 Å². The number of likely N-dealkylation sites (N-methyl/N-ethyl adjacent to an activating group) is 1. The Labute approximate surface area is 160 Å². The van der Waals surface area contributed by atoms with Crippen molar-refractivity contribution in [3.8, 4) is 0 Å². The van der Waals surface area contributed by atoms with Crippen LogP contribution in [0.1, 0.15) is 37.3 Å². The lowest BCUT2D eigenvalue weighted by atomic mass is 10.0. The normalized spacial score (nSPS) is 19.4. The van der Waals surface area contributed by atoms with E-state index in [-0.39, 0.29) is 23.8 Å². The summed E-state index contributed by atoms with van der Waals surface area (Å²) in [4.78, 5) is 30.8. The summed E-state index contributed by atoms with van der Waals surface area (Å²) >= 11 is 0. The summed E-state index contributed by atoms with van der Waals surface area (Å²) in [6.45, 7) is 2.99. The SMILES string of the molecule is CN(C)[C@H](C(=O)NC1CCN(C(=O)N2CCCC2)CC1)c1ccccc1F. The molecule has 7 heteroatoms. The van der Waals surface area contributed by atoms with Crippen LogP contribution < -0.4 is 5.32 Å². The number of hydrogen-bond donors (Lipinski definition) is 1. The lowest BCUT2D eigenvalue weighted by Gasteiger charge is -2.35. The number of likely N-dealkylation sites (tertiary alicyclic amines) is 2. The largest absolute Gasteiger partial charge is 0.352 e. The molecule has 1 aromatic carbocycles. The van der Waals surface area contributed by atoms with E-state index in [4.69, 9.17) is 0 Å². The zero-order valence-electron chi connectivity index (χ0n) is 16.2. The summed E-state index contributed by atoms with van der Waals surface area (Å²) in [6.07, 6.45) is 3.62. The smallest absolute Gasteiger partial charge is 0.319 e. The first-order valence-corrected chi connectivity index (χ1v) is 9.72. The number of carbonyl (C=O) groups excluding carboxylic acids is 2. The number of halogens is 1. The van der Waals surface area contributed by atoms with Gasteiger partial charge in [-0.15, -0.1) is 0 Å². The summed E-state index contributed by atoms with van der Waals surface area (Å²) in [6, 6.07) is 5.85. The second kappa shape index (κ2) is 8.69. The van der Waals surface area contributed by atoms with Gasteiger partial charge >= 0.3 is 6.03 Å². The molecule has 0 aliphatic carbocycles. The number of amides is 3. The maximum absolute atomic E-state index is 14.2. The first-order chi connectivity index (χ1) is 13.0. The first-order valence-electron chi connectivity index (χ1n) is 9.72. The van der Waals surface area contributed by atoms with Gasteiger partial charge in [0.25, 0.3) is 0 Å². The van der Waals surface area contributed by atoms with Gasteiger partial charge in [-0.3, -0.25) is 9.69 Å². The summed E-state index contributed by atoms with van der Waals surface area (Å²) in [5.74, 6) is -0.577. The average molecular weight is 376 g/mol. The van der Waals surface area contributed by atoms with Gasteiger partial charge in [0.15, 0.2) is 0 Å². The van der Waals surface area contributed by atoms with Crippen molar-refractivity contribution in [3.63, 3.8) is 0 Å². The highest BCUT2D eigenvalue weighted by molar-refractivity contribution is 5.83. The molecule has 2 saturated heterocycles. The van der Waals surface area contributed by atoms with E-state index < -0.39 is 6.04 Å². The van der Waals surface area contributed by atoms with Gasteiger partial charge in [0, 0.05) is 37.8 Å². The standard InChI is InChI=1S/C20H29FN4O2/c1-23(2)18(16-7-3-4-8-17(16)21)19(26)22-15-9-13-25(14-10-15)20(27)24-11-5-6-12-24/h3-4,7-8,15,18H,5-6,9-14H2,1-2H3,(H,22,26)/t18-/m0/s1. The molecule has 3 amide bonds. The Bertz CT molecular complexity index is 668. The predicted octanol–water partition coefficient (Wildman–Crippen LogP) is 2.22. The van der Waals surface area contributed by atoms with Crippen molar-refractivity contribution in [2.75, 3.05) is 40.3 Å².